The molecule has 1 aliphatic carbocycles. The summed E-state index contributed by atoms with van der Waals surface area (Å²) in [5.74, 6) is 1.34. The maximum atomic E-state index is 11.0. The van der Waals surface area contributed by atoms with E-state index in [1.165, 1.54) is 0 Å². The standard InChI is InChI=1S/C23H22N4O/c28-23(12-4-5-13-23)18-9-8-17-11-15-27(20(17)16-18)21-10-14-24-22(26-21)25-19-6-2-1-3-7-19/h1-3,6-11,14-16,28H,4-5,12-13H2,(H,24,25,26). The van der Waals surface area contributed by atoms with E-state index < -0.39 is 5.60 Å². The molecule has 2 N–H and O–H groups in total. The highest BCUT2D eigenvalue weighted by molar-refractivity contribution is 5.82. The molecule has 140 valence electrons. The zero-order valence-electron chi connectivity index (χ0n) is 15.5. The van der Waals surface area contributed by atoms with E-state index in [9.17, 15) is 5.11 Å². The third kappa shape index (κ3) is 3.04. The van der Waals surface area contributed by atoms with Gasteiger partial charge >= 0.3 is 0 Å². The van der Waals surface area contributed by atoms with Gasteiger partial charge in [-0.2, -0.15) is 4.98 Å². The van der Waals surface area contributed by atoms with E-state index in [1.54, 1.807) is 6.20 Å². The molecule has 2 heterocycles. The van der Waals surface area contributed by atoms with Crippen LogP contribution in [0.3, 0.4) is 0 Å². The summed E-state index contributed by atoms with van der Waals surface area (Å²) in [6.07, 6.45) is 7.59. The van der Waals surface area contributed by atoms with E-state index in [0.29, 0.717) is 5.95 Å². The quantitative estimate of drug-likeness (QED) is 0.535. The second-order valence-electron chi connectivity index (χ2n) is 7.43. The predicted molar refractivity (Wildman–Crippen MR) is 111 cm³/mol. The topological polar surface area (TPSA) is 63.0 Å². The molecular weight excluding hydrogens is 348 g/mol. The van der Waals surface area contributed by atoms with Gasteiger partial charge in [-0.3, -0.25) is 0 Å². The van der Waals surface area contributed by atoms with Crippen molar-refractivity contribution < 1.29 is 5.11 Å². The number of para-hydroxylation sites is 1. The molecule has 0 radical (unpaired) electrons. The Balaban J connectivity index is 1.53. The summed E-state index contributed by atoms with van der Waals surface area (Å²) in [4.78, 5) is 9.02. The van der Waals surface area contributed by atoms with Crippen LogP contribution in [0.15, 0.2) is 73.1 Å². The average Bonchev–Trinajstić information content (AvgIpc) is 3.35. The highest BCUT2D eigenvalue weighted by Crippen LogP contribution is 2.39. The Morgan fingerprint density at radius 1 is 0.964 bits per heavy atom. The SMILES string of the molecule is OC1(c2ccc3ccn(-c4ccnc(Nc5ccccc5)n4)c3c2)CCCC1. The van der Waals surface area contributed by atoms with Gasteiger partial charge in [0.05, 0.1) is 11.1 Å². The minimum atomic E-state index is -0.699. The van der Waals surface area contributed by atoms with Crippen LogP contribution < -0.4 is 5.32 Å². The zero-order chi connectivity index (χ0) is 19.0. The molecule has 0 amide bonds. The summed E-state index contributed by atoms with van der Waals surface area (Å²) in [7, 11) is 0. The van der Waals surface area contributed by atoms with Gasteiger partial charge in [0.25, 0.3) is 0 Å². The van der Waals surface area contributed by atoms with E-state index in [1.807, 2.05) is 42.6 Å². The fraction of sp³-hybridized carbons (Fsp3) is 0.217. The maximum absolute atomic E-state index is 11.0. The van der Waals surface area contributed by atoms with Crippen molar-refractivity contribution in [3.8, 4) is 5.82 Å². The minimum Gasteiger partial charge on any atom is -0.385 e. The largest absolute Gasteiger partial charge is 0.385 e. The number of hydrogen-bond acceptors (Lipinski definition) is 4. The Hall–Kier alpha value is -3.18. The van der Waals surface area contributed by atoms with Crippen molar-refractivity contribution in [2.24, 2.45) is 0 Å². The Labute approximate surface area is 163 Å². The molecular formula is C23H22N4O. The van der Waals surface area contributed by atoms with E-state index in [0.717, 1.165) is 53.7 Å². The number of benzene rings is 2. The lowest BCUT2D eigenvalue weighted by Gasteiger charge is -2.23. The van der Waals surface area contributed by atoms with E-state index in [-0.39, 0.29) is 0 Å². The molecule has 2 aromatic carbocycles. The highest BCUT2D eigenvalue weighted by atomic mass is 16.3. The first-order valence-corrected chi connectivity index (χ1v) is 9.71. The third-order valence-electron chi connectivity index (χ3n) is 5.58. The van der Waals surface area contributed by atoms with Crippen LogP contribution >= 0.6 is 0 Å². The number of nitrogens with one attached hydrogen (secondary N) is 1. The van der Waals surface area contributed by atoms with Crippen molar-refractivity contribution in [1.29, 1.82) is 0 Å². The monoisotopic (exact) mass is 370 g/mol. The summed E-state index contributed by atoms with van der Waals surface area (Å²) in [6.45, 7) is 0. The molecule has 5 heteroatoms. The van der Waals surface area contributed by atoms with E-state index in [4.69, 9.17) is 0 Å². The number of nitrogens with zero attached hydrogens (tertiary/aromatic N) is 3. The molecule has 5 nitrogen and oxygen atoms in total. The second-order valence-corrected chi connectivity index (χ2v) is 7.43. The molecule has 0 atom stereocenters. The van der Waals surface area contributed by atoms with Gasteiger partial charge in [0.2, 0.25) is 5.95 Å². The molecule has 1 saturated carbocycles. The van der Waals surface area contributed by atoms with Crippen LogP contribution in [0.5, 0.6) is 0 Å². The first kappa shape index (κ1) is 17.0. The van der Waals surface area contributed by atoms with Crippen LogP contribution in [-0.2, 0) is 5.60 Å². The van der Waals surface area contributed by atoms with Crippen LogP contribution in [0.25, 0.3) is 16.7 Å². The van der Waals surface area contributed by atoms with Crippen molar-refractivity contribution in [2.45, 2.75) is 31.3 Å². The van der Waals surface area contributed by atoms with Crippen molar-refractivity contribution >= 4 is 22.5 Å². The zero-order valence-corrected chi connectivity index (χ0v) is 15.5. The molecule has 28 heavy (non-hydrogen) atoms. The van der Waals surface area contributed by atoms with Crippen molar-refractivity contribution in [3.63, 3.8) is 0 Å². The first-order valence-electron chi connectivity index (χ1n) is 9.71. The van der Waals surface area contributed by atoms with Crippen molar-refractivity contribution in [1.82, 2.24) is 14.5 Å². The third-order valence-corrected chi connectivity index (χ3v) is 5.58. The Bertz CT molecular complexity index is 1110. The molecule has 4 aromatic rings. The van der Waals surface area contributed by atoms with Crippen LogP contribution in [0, 0.1) is 0 Å². The lowest BCUT2D eigenvalue weighted by atomic mass is 9.92. The van der Waals surface area contributed by atoms with Gasteiger partial charge in [0, 0.05) is 23.5 Å². The summed E-state index contributed by atoms with van der Waals surface area (Å²) in [5, 5.41) is 15.4. The molecule has 0 unspecified atom stereocenters. The van der Waals surface area contributed by atoms with Crippen molar-refractivity contribution in [2.75, 3.05) is 5.32 Å². The number of hydrogen-bond donors (Lipinski definition) is 2. The minimum absolute atomic E-state index is 0.552. The molecule has 1 fully saturated rings. The van der Waals surface area contributed by atoms with E-state index in [2.05, 4.69) is 44.1 Å². The molecule has 0 saturated heterocycles. The first-order chi connectivity index (χ1) is 13.7. The van der Waals surface area contributed by atoms with Crippen LogP contribution in [0.1, 0.15) is 31.2 Å². The maximum Gasteiger partial charge on any atom is 0.229 e. The van der Waals surface area contributed by atoms with Gasteiger partial charge in [0.15, 0.2) is 0 Å². The summed E-state index contributed by atoms with van der Waals surface area (Å²) in [5.41, 5.74) is 2.29. The number of aromatic nitrogens is 3. The van der Waals surface area contributed by atoms with Gasteiger partial charge in [-0.05, 0) is 48.7 Å². The average molecular weight is 370 g/mol. The summed E-state index contributed by atoms with van der Waals surface area (Å²) < 4.78 is 2.05. The van der Waals surface area contributed by atoms with Gasteiger partial charge in [0.1, 0.15) is 5.82 Å². The molecule has 0 spiro atoms. The smallest absolute Gasteiger partial charge is 0.229 e. The predicted octanol–water partition coefficient (Wildman–Crippen LogP) is 4.93. The summed E-state index contributed by atoms with van der Waals surface area (Å²) >= 11 is 0. The molecule has 5 rings (SSSR count). The second kappa shape index (κ2) is 6.77. The number of anilines is 2. The normalized spacial score (nSPS) is 15.8. The van der Waals surface area contributed by atoms with Gasteiger partial charge in [-0.15, -0.1) is 0 Å². The molecule has 1 aliphatic rings. The Morgan fingerprint density at radius 2 is 1.79 bits per heavy atom. The lowest BCUT2D eigenvalue weighted by molar-refractivity contribution is 0.0446. The molecule has 2 aromatic heterocycles. The fourth-order valence-corrected chi connectivity index (χ4v) is 4.06. The van der Waals surface area contributed by atoms with Crippen LogP contribution in [-0.4, -0.2) is 19.6 Å². The van der Waals surface area contributed by atoms with Crippen LogP contribution in [0.2, 0.25) is 0 Å². The fourth-order valence-electron chi connectivity index (χ4n) is 4.06. The molecule has 0 bridgehead atoms. The van der Waals surface area contributed by atoms with Crippen molar-refractivity contribution in [3.05, 3.63) is 78.6 Å². The summed E-state index contributed by atoms with van der Waals surface area (Å²) in [6, 6.07) is 20.1. The van der Waals surface area contributed by atoms with Gasteiger partial charge < -0.3 is 15.0 Å². The van der Waals surface area contributed by atoms with Gasteiger partial charge in [-0.25, -0.2) is 4.98 Å². The number of fused-ring (bicyclic) bond motifs is 1. The lowest BCUT2D eigenvalue weighted by Crippen LogP contribution is -2.20. The Morgan fingerprint density at radius 3 is 2.61 bits per heavy atom. The van der Waals surface area contributed by atoms with Gasteiger partial charge in [-0.1, -0.05) is 43.2 Å². The number of rotatable bonds is 4. The van der Waals surface area contributed by atoms with E-state index >= 15 is 0 Å². The van der Waals surface area contributed by atoms with Crippen LogP contribution in [0.4, 0.5) is 11.6 Å². The Kier molecular flexibility index (Phi) is 4.10. The number of aliphatic hydroxyl groups is 1. The molecule has 0 aliphatic heterocycles. The highest BCUT2D eigenvalue weighted by Gasteiger charge is 2.33.